The van der Waals surface area contributed by atoms with E-state index in [1.54, 1.807) is 19.2 Å². The number of carbonyl (C=O) groups excluding carboxylic acids is 2. The van der Waals surface area contributed by atoms with Gasteiger partial charge in [0.25, 0.3) is 11.8 Å². The van der Waals surface area contributed by atoms with E-state index in [0.717, 1.165) is 100 Å². The summed E-state index contributed by atoms with van der Waals surface area (Å²) in [6, 6.07) is 11.6. The number of hydrogen-bond acceptors (Lipinski definition) is 8. The van der Waals surface area contributed by atoms with Gasteiger partial charge >= 0.3 is 5.97 Å². The van der Waals surface area contributed by atoms with Gasteiger partial charge in [0.1, 0.15) is 5.75 Å². The number of rotatable bonds is 11. The number of nitrogens with one attached hydrogen (secondary N) is 2. The number of carboxylic acid groups (broad SMARTS) is 1. The fourth-order valence-electron chi connectivity index (χ4n) is 10.4. The number of methoxy groups -OCH3 is 1. The quantitative estimate of drug-likeness (QED) is 0.151. The van der Waals surface area contributed by atoms with Gasteiger partial charge in [0.05, 0.1) is 40.3 Å². The average Bonchev–Trinajstić information content (AvgIpc) is 3.94. The van der Waals surface area contributed by atoms with E-state index < -0.39 is 11.4 Å². The van der Waals surface area contributed by atoms with Gasteiger partial charge < -0.3 is 29.6 Å². The van der Waals surface area contributed by atoms with Crippen molar-refractivity contribution < 1.29 is 24.2 Å². The number of benzene rings is 2. The Kier molecular flexibility index (Phi) is 9.68. The van der Waals surface area contributed by atoms with Crippen molar-refractivity contribution in [2.24, 2.45) is 24.9 Å². The van der Waals surface area contributed by atoms with Gasteiger partial charge in [0, 0.05) is 81.7 Å². The molecule has 2 aliphatic heterocycles. The molecule has 57 heavy (non-hydrogen) atoms. The Hall–Kier alpha value is -4.72. The van der Waals surface area contributed by atoms with Crippen LogP contribution < -0.4 is 15.4 Å². The molecule has 9 rings (SSSR count). The van der Waals surface area contributed by atoms with E-state index in [1.165, 1.54) is 19.3 Å². The molecule has 2 bridgehead atoms. The maximum absolute atomic E-state index is 13.8. The minimum Gasteiger partial charge on any atom is -0.494 e. The van der Waals surface area contributed by atoms with E-state index in [9.17, 15) is 19.5 Å². The first-order valence-electron chi connectivity index (χ1n) is 20.4. The highest BCUT2D eigenvalue weighted by molar-refractivity contribution is 6.36. The lowest BCUT2D eigenvalue weighted by molar-refractivity contribution is -0.148. The van der Waals surface area contributed by atoms with E-state index in [-0.39, 0.29) is 17.2 Å². The molecule has 5 aliphatic rings. The maximum atomic E-state index is 13.8. The summed E-state index contributed by atoms with van der Waals surface area (Å²) in [4.78, 5) is 54.0. The molecule has 3 aliphatic carbocycles. The maximum Gasteiger partial charge on any atom is 0.309 e. The van der Waals surface area contributed by atoms with Crippen molar-refractivity contribution in [1.29, 1.82) is 0 Å². The molecule has 0 radical (unpaired) electrons. The van der Waals surface area contributed by atoms with Crippen LogP contribution in [0.15, 0.2) is 36.4 Å². The number of halogens is 1. The van der Waals surface area contributed by atoms with Crippen LogP contribution in [0.5, 0.6) is 5.75 Å². The van der Waals surface area contributed by atoms with Crippen LogP contribution >= 0.6 is 11.6 Å². The number of imidazole rings is 2. The van der Waals surface area contributed by atoms with Gasteiger partial charge in [0.2, 0.25) is 0 Å². The van der Waals surface area contributed by atoms with Crippen LogP contribution in [-0.4, -0.2) is 84.6 Å². The molecule has 300 valence electrons. The first-order chi connectivity index (χ1) is 27.5. The van der Waals surface area contributed by atoms with Crippen LogP contribution in [0.2, 0.25) is 5.02 Å². The van der Waals surface area contributed by atoms with E-state index >= 15 is 0 Å². The molecule has 0 saturated heterocycles. The molecule has 3 N–H and O–H groups in total. The number of carbonyl (C=O) groups is 3. The zero-order valence-corrected chi connectivity index (χ0v) is 33.8. The van der Waals surface area contributed by atoms with E-state index in [4.69, 9.17) is 26.3 Å². The number of fused-ring (bicyclic) bond motifs is 4. The highest BCUT2D eigenvalue weighted by atomic mass is 35.5. The Morgan fingerprint density at radius 3 is 2.09 bits per heavy atom. The summed E-state index contributed by atoms with van der Waals surface area (Å²) >= 11 is 7.04. The van der Waals surface area contributed by atoms with Crippen molar-refractivity contribution >= 4 is 40.8 Å². The third-order valence-electron chi connectivity index (χ3n) is 14.0. The van der Waals surface area contributed by atoms with Gasteiger partial charge in [-0.3, -0.25) is 24.2 Å². The summed E-state index contributed by atoms with van der Waals surface area (Å²) in [5.41, 5.74) is 5.85. The summed E-state index contributed by atoms with van der Waals surface area (Å²) in [6.45, 7) is 4.17. The van der Waals surface area contributed by atoms with E-state index in [0.29, 0.717) is 57.5 Å². The molecular formula is C43H51ClN8O5. The van der Waals surface area contributed by atoms with Crippen molar-refractivity contribution in [3.63, 3.8) is 0 Å². The number of hydrogen-bond donors (Lipinski definition) is 3. The second-order valence-corrected chi connectivity index (χ2v) is 17.5. The van der Waals surface area contributed by atoms with E-state index in [2.05, 4.69) is 20.4 Å². The number of amides is 2. The Balaban J connectivity index is 0.883. The van der Waals surface area contributed by atoms with Gasteiger partial charge in [-0.1, -0.05) is 42.3 Å². The molecule has 3 fully saturated rings. The third kappa shape index (κ3) is 6.61. The highest BCUT2D eigenvalue weighted by Crippen LogP contribution is 2.63. The fourth-order valence-corrected chi connectivity index (χ4v) is 10.7. The topological polar surface area (TPSA) is 147 Å². The molecule has 2 aromatic carbocycles. The molecule has 4 heterocycles. The van der Waals surface area contributed by atoms with Crippen LogP contribution in [0.4, 0.5) is 11.4 Å². The number of para-hydroxylation sites is 1. The Morgan fingerprint density at radius 1 is 0.860 bits per heavy atom. The molecule has 0 unspecified atom stereocenters. The largest absolute Gasteiger partial charge is 0.494 e. The smallest absolute Gasteiger partial charge is 0.309 e. The van der Waals surface area contributed by atoms with Gasteiger partial charge in [0.15, 0.2) is 11.6 Å². The number of carboxylic acids is 1. The summed E-state index contributed by atoms with van der Waals surface area (Å²) in [5.74, 6) is -0.191. The number of nitrogens with zero attached hydrogens (tertiary/aromatic N) is 6. The van der Waals surface area contributed by atoms with Gasteiger partial charge in [-0.25, -0.2) is 9.97 Å². The molecular weight excluding hydrogens is 744 g/mol. The molecule has 13 nitrogen and oxygen atoms in total. The number of aromatic nitrogens is 4. The minimum atomic E-state index is -0.624. The molecule has 14 heteroatoms. The van der Waals surface area contributed by atoms with Crippen molar-refractivity contribution in [2.75, 3.05) is 37.4 Å². The lowest BCUT2D eigenvalue weighted by Gasteiger charge is -2.39. The summed E-state index contributed by atoms with van der Waals surface area (Å²) in [6.07, 6.45) is 10.8. The van der Waals surface area contributed by atoms with Crippen LogP contribution in [0, 0.1) is 10.8 Å². The Bertz CT molecular complexity index is 2270. The van der Waals surface area contributed by atoms with Crippen LogP contribution in [0.25, 0.3) is 11.1 Å². The third-order valence-corrected chi connectivity index (χ3v) is 14.4. The summed E-state index contributed by atoms with van der Waals surface area (Å²) < 4.78 is 9.69. The fraction of sp³-hybridized carbons (Fsp3) is 0.512. The second-order valence-electron chi connectivity index (χ2n) is 17.1. The van der Waals surface area contributed by atoms with Crippen molar-refractivity contribution in [1.82, 2.24) is 28.9 Å². The molecule has 2 amide bonds. The lowest BCUT2D eigenvalue weighted by Crippen LogP contribution is -2.43. The van der Waals surface area contributed by atoms with Crippen LogP contribution in [0.3, 0.4) is 0 Å². The average molecular weight is 795 g/mol. The Labute approximate surface area is 337 Å². The predicted molar refractivity (Wildman–Crippen MR) is 217 cm³/mol. The van der Waals surface area contributed by atoms with Gasteiger partial charge in [-0.05, 0) is 75.5 Å². The van der Waals surface area contributed by atoms with Crippen molar-refractivity contribution in [3.8, 4) is 16.9 Å². The zero-order valence-electron chi connectivity index (χ0n) is 33.0. The number of ether oxygens (including phenoxy) is 1. The molecule has 0 atom stereocenters. The van der Waals surface area contributed by atoms with Crippen LogP contribution in [0.1, 0.15) is 102 Å². The summed E-state index contributed by atoms with van der Waals surface area (Å²) in [7, 11) is 5.34. The van der Waals surface area contributed by atoms with Crippen LogP contribution in [-0.2, 0) is 44.8 Å². The van der Waals surface area contributed by atoms with Gasteiger partial charge in [-0.2, -0.15) is 0 Å². The zero-order chi connectivity index (χ0) is 39.6. The SMILES string of the molecule is COc1c(NC(=O)c2nc3c(n2C)CCN(C2CCC2)C3)cccc1-c1cccc(NC(=O)c2nc3c(n2C)CCN(CCC24CCC(C(=O)O)(CC2)C4)C3)c1Cl. The highest BCUT2D eigenvalue weighted by Gasteiger charge is 2.57. The van der Waals surface area contributed by atoms with Gasteiger partial charge in [-0.15, -0.1) is 0 Å². The summed E-state index contributed by atoms with van der Waals surface area (Å²) in [5, 5.41) is 16.2. The molecule has 2 aromatic heterocycles. The molecule has 4 aromatic rings. The van der Waals surface area contributed by atoms with Crippen molar-refractivity contribution in [3.05, 3.63) is 75.8 Å². The number of aliphatic carboxylic acids is 1. The first-order valence-corrected chi connectivity index (χ1v) is 20.7. The predicted octanol–water partition coefficient (Wildman–Crippen LogP) is 6.68. The number of anilines is 2. The Morgan fingerprint density at radius 2 is 1.47 bits per heavy atom. The van der Waals surface area contributed by atoms with Crippen molar-refractivity contribution in [2.45, 2.75) is 89.8 Å². The van der Waals surface area contributed by atoms with E-state index in [1.807, 2.05) is 47.5 Å². The molecule has 3 saturated carbocycles. The first kappa shape index (κ1) is 37.8. The standard InChI is InChI=1S/C43H51ClN8O5/c1-49-33-13-20-51(22-19-42-15-17-43(25-42,18-16-42)41(55)56)23-31(33)45-37(49)39(53)47-29-11-5-9-27(35(29)44)28-10-6-12-30(36(28)57-3)48-40(54)38-46-32-24-52(26-7-4-8-26)21-14-34(32)50(38)2/h5-6,9-12,26H,4,7-8,13-25H2,1-3H3,(H,47,53)(H,48,54)(H,55,56). The molecule has 0 spiro atoms. The second kappa shape index (κ2) is 14.6. The lowest BCUT2D eigenvalue weighted by atomic mass is 9.80. The normalized spacial score (nSPS) is 23.2. The monoisotopic (exact) mass is 794 g/mol. The minimum absolute atomic E-state index is 0.137.